The van der Waals surface area contributed by atoms with Crippen molar-refractivity contribution in [2.45, 2.75) is 6.61 Å². The highest BCUT2D eigenvalue weighted by molar-refractivity contribution is 14.1. The molecule has 0 aliphatic rings. The standard InChI is InChI=1S/C22H12Cl3I2NO/c23-17-4-1-14(2-5-17)16(11-28)7-13-8-20(26)22(21(27)9-13)29-12-15-3-6-18(24)10-19(15)25/h1-10H,12H2/b16-7-. The molecule has 146 valence electrons. The van der Waals surface area contributed by atoms with Gasteiger partial charge in [0.05, 0.1) is 18.8 Å². The molecule has 0 saturated heterocycles. The third-order valence-electron chi connectivity index (χ3n) is 3.99. The molecule has 0 aromatic heterocycles. The molecule has 7 heteroatoms. The predicted octanol–water partition coefficient (Wildman–Crippen LogP) is 8.50. The molecule has 0 heterocycles. The van der Waals surface area contributed by atoms with Gasteiger partial charge in [-0.2, -0.15) is 5.26 Å². The predicted molar refractivity (Wildman–Crippen MR) is 138 cm³/mol. The Hall–Kier alpha value is -0.980. The molecule has 0 bridgehead atoms. The van der Waals surface area contributed by atoms with Crippen LogP contribution in [-0.2, 0) is 6.61 Å². The van der Waals surface area contributed by atoms with E-state index in [-0.39, 0.29) is 0 Å². The van der Waals surface area contributed by atoms with Crippen LogP contribution in [0.4, 0.5) is 0 Å². The van der Waals surface area contributed by atoms with Gasteiger partial charge in [0.1, 0.15) is 12.4 Å². The first-order valence-corrected chi connectivity index (χ1v) is 11.6. The minimum atomic E-state index is 0.339. The van der Waals surface area contributed by atoms with E-state index in [1.165, 1.54) is 0 Å². The van der Waals surface area contributed by atoms with Gasteiger partial charge in [-0.05, 0) is 98.8 Å². The second kappa shape index (κ2) is 10.4. The summed E-state index contributed by atoms with van der Waals surface area (Å²) in [6.07, 6.45) is 1.85. The van der Waals surface area contributed by atoms with Crippen molar-refractivity contribution in [1.82, 2.24) is 0 Å². The van der Waals surface area contributed by atoms with E-state index < -0.39 is 0 Å². The van der Waals surface area contributed by atoms with E-state index >= 15 is 0 Å². The lowest BCUT2D eigenvalue weighted by molar-refractivity contribution is 0.302. The minimum absolute atomic E-state index is 0.339. The summed E-state index contributed by atoms with van der Waals surface area (Å²) >= 11 is 22.6. The van der Waals surface area contributed by atoms with Gasteiger partial charge in [-0.3, -0.25) is 0 Å². The Morgan fingerprint density at radius 3 is 2.14 bits per heavy atom. The molecule has 0 aliphatic heterocycles. The number of hydrogen-bond acceptors (Lipinski definition) is 2. The monoisotopic (exact) mass is 665 g/mol. The Morgan fingerprint density at radius 2 is 1.55 bits per heavy atom. The van der Waals surface area contributed by atoms with E-state index in [0.717, 1.165) is 29.6 Å². The maximum atomic E-state index is 9.56. The summed E-state index contributed by atoms with van der Waals surface area (Å²) in [5.41, 5.74) is 3.16. The summed E-state index contributed by atoms with van der Waals surface area (Å²) in [5, 5.41) is 11.4. The summed E-state index contributed by atoms with van der Waals surface area (Å²) in [7, 11) is 0. The van der Waals surface area contributed by atoms with Crippen LogP contribution in [0.5, 0.6) is 5.75 Å². The molecular formula is C22H12Cl3I2NO. The van der Waals surface area contributed by atoms with Crippen molar-refractivity contribution in [2.75, 3.05) is 0 Å². The van der Waals surface area contributed by atoms with Crippen LogP contribution in [0.25, 0.3) is 11.6 Å². The molecule has 0 aliphatic carbocycles. The average molecular weight is 667 g/mol. The van der Waals surface area contributed by atoms with Crippen LogP contribution in [0.3, 0.4) is 0 Å². The first kappa shape index (κ1) is 22.7. The van der Waals surface area contributed by atoms with Crippen LogP contribution in [-0.4, -0.2) is 0 Å². The SMILES string of the molecule is N#C/C(=C/c1cc(I)c(OCc2ccc(Cl)cc2Cl)c(I)c1)c1ccc(Cl)cc1. The van der Waals surface area contributed by atoms with Crippen LogP contribution in [0.2, 0.25) is 15.1 Å². The highest BCUT2D eigenvalue weighted by Crippen LogP contribution is 2.32. The lowest BCUT2D eigenvalue weighted by atomic mass is 10.0. The molecule has 0 atom stereocenters. The summed E-state index contributed by atoms with van der Waals surface area (Å²) in [6.45, 7) is 0.339. The highest BCUT2D eigenvalue weighted by Gasteiger charge is 2.11. The van der Waals surface area contributed by atoms with Gasteiger partial charge in [0.15, 0.2) is 0 Å². The zero-order valence-electron chi connectivity index (χ0n) is 14.7. The lowest BCUT2D eigenvalue weighted by Crippen LogP contribution is -2.00. The van der Waals surface area contributed by atoms with E-state index in [4.69, 9.17) is 39.5 Å². The summed E-state index contributed by atoms with van der Waals surface area (Å²) < 4.78 is 7.90. The van der Waals surface area contributed by atoms with Gasteiger partial charge in [0.25, 0.3) is 0 Å². The van der Waals surface area contributed by atoms with Crippen molar-refractivity contribution in [2.24, 2.45) is 0 Å². The number of halogens is 5. The Labute approximate surface area is 211 Å². The van der Waals surface area contributed by atoms with Crippen molar-refractivity contribution in [3.05, 3.63) is 93.5 Å². The van der Waals surface area contributed by atoms with Crippen molar-refractivity contribution in [3.8, 4) is 11.8 Å². The molecular weight excluding hydrogens is 654 g/mol. The van der Waals surface area contributed by atoms with Crippen LogP contribution in [0, 0.1) is 18.5 Å². The number of allylic oxidation sites excluding steroid dienone is 1. The Kier molecular flexibility index (Phi) is 8.11. The number of rotatable bonds is 5. The van der Waals surface area contributed by atoms with Gasteiger partial charge >= 0.3 is 0 Å². The lowest BCUT2D eigenvalue weighted by Gasteiger charge is -2.13. The molecule has 3 aromatic carbocycles. The number of nitriles is 1. The van der Waals surface area contributed by atoms with Gasteiger partial charge < -0.3 is 4.74 Å². The van der Waals surface area contributed by atoms with Gasteiger partial charge in [-0.1, -0.05) is 53.0 Å². The van der Waals surface area contributed by atoms with Crippen molar-refractivity contribution in [1.29, 1.82) is 5.26 Å². The fraction of sp³-hybridized carbons (Fsp3) is 0.0455. The third kappa shape index (κ3) is 6.02. The Bertz CT molecular complexity index is 1100. The number of hydrogen-bond donors (Lipinski definition) is 0. The van der Waals surface area contributed by atoms with E-state index in [1.54, 1.807) is 24.3 Å². The van der Waals surface area contributed by atoms with Crippen molar-refractivity contribution in [3.63, 3.8) is 0 Å². The van der Waals surface area contributed by atoms with Gasteiger partial charge in [-0.25, -0.2) is 0 Å². The zero-order valence-corrected chi connectivity index (χ0v) is 21.3. The maximum Gasteiger partial charge on any atom is 0.146 e. The second-order valence-corrected chi connectivity index (χ2v) is 9.62. The van der Waals surface area contributed by atoms with E-state index in [0.29, 0.717) is 27.2 Å². The largest absolute Gasteiger partial charge is 0.487 e. The molecule has 0 amide bonds. The van der Waals surface area contributed by atoms with E-state index in [1.807, 2.05) is 36.4 Å². The smallest absolute Gasteiger partial charge is 0.146 e. The summed E-state index contributed by atoms with van der Waals surface area (Å²) in [5.74, 6) is 0.777. The van der Waals surface area contributed by atoms with Crippen molar-refractivity contribution >= 4 is 91.6 Å². The number of nitrogens with zero attached hydrogens (tertiary/aromatic N) is 1. The molecule has 2 nitrogen and oxygen atoms in total. The van der Waals surface area contributed by atoms with Gasteiger partial charge in [-0.15, -0.1) is 0 Å². The van der Waals surface area contributed by atoms with Gasteiger partial charge in [0, 0.05) is 20.6 Å². The van der Waals surface area contributed by atoms with Crippen molar-refractivity contribution < 1.29 is 4.74 Å². The normalized spacial score (nSPS) is 11.2. The van der Waals surface area contributed by atoms with E-state index in [2.05, 4.69) is 51.3 Å². The Balaban J connectivity index is 1.85. The molecule has 0 N–H and O–H groups in total. The van der Waals surface area contributed by atoms with E-state index in [9.17, 15) is 5.26 Å². The fourth-order valence-corrected chi connectivity index (χ4v) is 5.28. The molecule has 0 fully saturated rings. The van der Waals surface area contributed by atoms with Crippen LogP contribution < -0.4 is 4.74 Å². The van der Waals surface area contributed by atoms with Crippen LogP contribution in [0.15, 0.2) is 54.6 Å². The summed E-state index contributed by atoms with van der Waals surface area (Å²) in [4.78, 5) is 0. The molecule has 29 heavy (non-hydrogen) atoms. The maximum absolute atomic E-state index is 9.56. The second-order valence-electron chi connectivity index (χ2n) is 6.01. The molecule has 0 radical (unpaired) electrons. The van der Waals surface area contributed by atoms with Gasteiger partial charge in [0.2, 0.25) is 0 Å². The first-order valence-electron chi connectivity index (χ1n) is 8.31. The molecule has 0 unspecified atom stereocenters. The molecule has 0 saturated carbocycles. The van der Waals surface area contributed by atoms with Crippen LogP contribution >= 0.6 is 80.0 Å². The Morgan fingerprint density at radius 1 is 0.931 bits per heavy atom. The fourth-order valence-electron chi connectivity index (χ4n) is 2.57. The topological polar surface area (TPSA) is 33.0 Å². The molecule has 0 spiro atoms. The third-order valence-corrected chi connectivity index (χ3v) is 6.44. The minimum Gasteiger partial charge on any atom is -0.487 e. The number of benzene rings is 3. The zero-order chi connectivity index (χ0) is 21.0. The average Bonchev–Trinajstić information content (AvgIpc) is 2.67. The summed E-state index contributed by atoms with van der Waals surface area (Å²) in [6, 6.07) is 18.8. The number of ether oxygens (including phenoxy) is 1. The molecule has 3 rings (SSSR count). The van der Waals surface area contributed by atoms with Crippen LogP contribution in [0.1, 0.15) is 16.7 Å². The highest BCUT2D eigenvalue weighted by atomic mass is 127. The quantitative estimate of drug-likeness (QED) is 0.156. The first-order chi connectivity index (χ1) is 13.9. The molecule has 3 aromatic rings.